The summed E-state index contributed by atoms with van der Waals surface area (Å²) in [6, 6.07) is -0.280. The number of nitrogens with zero attached hydrogens (tertiary/aromatic N) is 1. The molecular weight excluding hydrogens is 264 g/mol. The van der Waals surface area contributed by atoms with Crippen LogP contribution >= 0.6 is 11.3 Å². The number of nitrogens with one attached hydrogen (secondary N) is 1. The number of carbonyl (C=O) groups is 2. The number of carboxylic acid groups (broad SMARTS) is 1. The molecule has 0 aliphatic rings. The Morgan fingerprint density at radius 3 is 2.42 bits per heavy atom. The number of amides is 2. The minimum atomic E-state index is -1.01. The molecule has 0 bridgehead atoms. The van der Waals surface area contributed by atoms with E-state index in [1.54, 1.807) is 18.9 Å². The van der Waals surface area contributed by atoms with Gasteiger partial charge in [0.1, 0.15) is 5.00 Å². The Kier molecular flexibility index (Phi) is 4.94. The van der Waals surface area contributed by atoms with E-state index in [4.69, 9.17) is 0 Å². The quantitative estimate of drug-likeness (QED) is 0.892. The molecule has 2 N–H and O–H groups in total. The number of carbonyl (C=O) groups excluding carboxylic acids is 1. The van der Waals surface area contributed by atoms with Crippen molar-refractivity contribution in [3.8, 4) is 0 Å². The summed E-state index contributed by atoms with van der Waals surface area (Å²) in [5.41, 5.74) is 0.896. The third-order valence-corrected chi connectivity index (χ3v) is 3.93. The number of hydrogen-bond donors (Lipinski definition) is 2. The Bertz CT molecular complexity index is 494. The Labute approximate surface area is 117 Å². The molecule has 0 saturated heterocycles. The van der Waals surface area contributed by atoms with Crippen LogP contribution in [0.1, 0.15) is 34.6 Å². The monoisotopic (exact) mass is 284 g/mol. The highest BCUT2D eigenvalue weighted by molar-refractivity contribution is 7.16. The minimum Gasteiger partial charge on any atom is -0.478 e. The van der Waals surface area contributed by atoms with E-state index in [-0.39, 0.29) is 11.6 Å². The highest BCUT2D eigenvalue weighted by atomic mass is 32.1. The van der Waals surface area contributed by atoms with E-state index in [0.29, 0.717) is 23.0 Å². The Hall–Kier alpha value is -1.56. The molecule has 5 nitrogen and oxygen atoms in total. The number of rotatable bonds is 4. The van der Waals surface area contributed by atoms with E-state index in [9.17, 15) is 14.7 Å². The second-order valence-electron chi connectivity index (χ2n) is 5.00. The molecule has 0 unspecified atom stereocenters. The summed E-state index contributed by atoms with van der Waals surface area (Å²) < 4.78 is 0. The molecule has 6 heteroatoms. The Morgan fingerprint density at radius 1 is 1.37 bits per heavy atom. The van der Waals surface area contributed by atoms with Gasteiger partial charge in [-0.1, -0.05) is 13.8 Å². The van der Waals surface area contributed by atoms with Gasteiger partial charge in [0.2, 0.25) is 0 Å². The summed E-state index contributed by atoms with van der Waals surface area (Å²) in [4.78, 5) is 25.7. The molecule has 106 valence electrons. The second-order valence-corrected chi connectivity index (χ2v) is 6.22. The van der Waals surface area contributed by atoms with Gasteiger partial charge in [-0.25, -0.2) is 9.59 Å². The van der Waals surface area contributed by atoms with Gasteiger partial charge in [0.05, 0.1) is 5.56 Å². The van der Waals surface area contributed by atoms with Gasteiger partial charge in [0.25, 0.3) is 0 Å². The van der Waals surface area contributed by atoms with E-state index in [1.165, 1.54) is 11.3 Å². The summed E-state index contributed by atoms with van der Waals surface area (Å²) in [5.74, 6) is -0.648. The molecule has 19 heavy (non-hydrogen) atoms. The third kappa shape index (κ3) is 3.70. The lowest BCUT2D eigenvalue weighted by Crippen LogP contribution is -2.34. The summed E-state index contributed by atoms with van der Waals surface area (Å²) >= 11 is 1.29. The number of anilines is 1. The van der Waals surface area contributed by atoms with Gasteiger partial charge in [-0.15, -0.1) is 11.3 Å². The first kappa shape index (κ1) is 15.5. The zero-order valence-corrected chi connectivity index (χ0v) is 12.7. The van der Waals surface area contributed by atoms with Crippen LogP contribution in [-0.4, -0.2) is 35.6 Å². The maximum Gasteiger partial charge on any atom is 0.338 e. The molecule has 0 aliphatic carbocycles. The lowest BCUT2D eigenvalue weighted by Gasteiger charge is -2.19. The van der Waals surface area contributed by atoms with Crippen LogP contribution in [0.4, 0.5) is 9.80 Å². The predicted octanol–water partition coefficient (Wildman–Crippen LogP) is 3.18. The van der Waals surface area contributed by atoms with E-state index < -0.39 is 5.97 Å². The molecule has 2 amide bonds. The SMILES string of the molecule is Cc1sc(NC(=O)N(C)CC(C)C)c(C(=O)O)c1C. The first-order chi connectivity index (χ1) is 8.73. The zero-order valence-electron chi connectivity index (χ0n) is 11.9. The highest BCUT2D eigenvalue weighted by Gasteiger charge is 2.21. The lowest BCUT2D eigenvalue weighted by atomic mass is 10.1. The number of thiophene rings is 1. The van der Waals surface area contributed by atoms with Gasteiger partial charge >= 0.3 is 12.0 Å². The summed E-state index contributed by atoms with van der Waals surface area (Å²) in [5, 5.41) is 12.3. The summed E-state index contributed by atoms with van der Waals surface area (Å²) in [7, 11) is 1.70. The van der Waals surface area contributed by atoms with Gasteiger partial charge in [0.15, 0.2) is 0 Å². The molecule has 1 aromatic rings. The largest absolute Gasteiger partial charge is 0.478 e. The van der Waals surface area contributed by atoms with Crippen LogP contribution < -0.4 is 5.32 Å². The molecule has 0 spiro atoms. The summed E-state index contributed by atoms with van der Waals surface area (Å²) in [6.45, 7) is 8.26. The van der Waals surface area contributed by atoms with E-state index >= 15 is 0 Å². The number of urea groups is 1. The van der Waals surface area contributed by atoms with Gasteiger partial charge in [0, 0.05) is 18.5 Å². The van der Waals surface area contributed by atoms with E-state index in [0.717, 1.165) is 4.88 Å². The number of hydrogen-bond acceptors (Lipinski definition) is 3. The maximum atomic E-state index is 12.0. The van der Waals surface area contributed by atoms with Crippen molar-refractivity contribution in [2.45, 2.75) is 27.7 Å². The van der Waals surface area contributed by atoms with Crippen LogP contribution in [0.2, 0.25) is 0 Å². The van der Waals surface area contributed by atoms with Crippen molar-refractivity contribution in [3.63, 3.8) is 0 Å². The van der Waals surface area contributed by atoms with Gasteiger partial charge < -0.3 is 10.0 Å². The molecule has 0 aromatic carbocycles. The Balaban J connectivity index is 2.91. The molecule has 0 fully saturated rings. The van der Waals surface area contributed by atoms with Crippen LogP contribution in [-0.2, 0) is 0 Å². The zero-order chi connectivity index (χ0) is 14.7. The first-order valence-electron chi connectivity index (χ1n) is 6.09. The van der Waals surface area contributed by atoms with Gasteiger partial charge in [-0.05, 0) is 25.3 Å². The number of carboxylic acids is 1. The average Bonchev–Trinajstić information content (AvgIpc) is 2.53. The lowest BCUT2D eigenvalue weighted by molar-refractivity contribution is 0.0697. The van der Waals surface area contributed by atoms with Crippen molar-refractivity contribution in [1.29, 1.82) is 0 Å². The van der Waals surface area contributed by atoms with E-state index in [1.807, 2.05) is 20.8 Å². The molecule has 0 aliphatic heterocycles. The smallest absolute Gasteiger partial charge is 0.338 e. The molecule has 1 rings (SSSR count). The van der Waals surface area contributed by atoms with Crippen molar-refractivity contribution >= 4 is 28.3 Å². The van der Waals surface area contributed by atoms with Gasteiger partial charge in [-0.3, -0.25) is 5.32 Å². The van der Waals surface area contributed by atoms with E-state index in [2.05, 4.69) is 5.32 Å². The first-order valence-corrected chi connectivity index (χ1v) is 6.91. The summed E-state index contributed by atoms with van der Waals surface area (Å²) in [6.07, 6.45) is 0. The van der Waals surface area contributed by atoms with Crippen molar-refractivity contribution in [1.82, 2.24) is 4.90 Å². The van der Waals surface area contributed by atoms with Crippen molar-refractivity contribution in [2.75, 3.05) is 18.9 Å². The third-order valence-electron chi connectivity index (χ3n) is 2.81. The molecule has 1 aromatic heterocycles. The topological polar surface area (TPSA) is 69.6 Å². The van der Waals surface area contributed by atoms with Crippen LogP contribution in [0.25, 0.3) is 0 Å². The molecule has 0 saturated carbocycles. The minimum absolute atomic E-state index is 0.189. The normalized spacial score (nSPS) is 10.6. The highest BCUT2D eigenvalue weighted by Crippen LogP contribution is 2.32. The van der Waals surface area contributed by atoms with Crippen LogP contribution in [0.15, 0.2) is 0 Å². The van der Waals surface area contributed by atoms with Crippen molar-refractivity contribution < 1.29 is 14.7 Å². The fourth-order valence-electron chi connectivity index (χ4n) is 1.80. The van der Waals surface area contributed by atoms with Gasteiger partial charge in [-0.2, -0.15) is 0 Å². The predicted molar refractivity (Wildman–Crippen MR) is 77.2 cm³/mol. The van der Waals surface area contributed by atoms with Crippen LogP contribution in [0.5, 0.6) is 0 Å². The van der Waals surface area contributed by atoms with Crippen LogP contribution in [0, 0.1) is 19.8 Å². The Morgan fingerprint density at radius 2 is 1.95 bits per heavy atom. The molecule has 1 heterocycles. The fraction of sp³-hybridized carbons (Fsp3) is 0.538. The fourth-order valence-corrected chi connectivity index (χ4v) is 2.84. The van der Waals surface area contributed by atoms with Crippen molar-refractivity contribution in [3.05, 3.63) is 16.0 Å². The standard InChI is InChI=1S/C13H20N2O3S/c1-7(2)6-15(5)13(18)14-11-10(12(16)17)8(3)9(4)19-11/h7H,6H2,1-5H3,(H,14,18)(H,16,17). The molecule has 0 atom stereocenters. The molecular formula is C13H20N2O3S. The van der Waals surface area contributed by atoms with Crippen molar-refractivity contribution in [2.24, 2.45) is 5.92 Å². The molecule has 0 radical (unpaired) electrons. The number of aryl methyl sites for hydroxylation is 1. The number of aromatic carboxylic acids is 1. The maximum absolute atomic E-state index is 12.0. The average molecular weight is 284 g/mol. The second kappa shape index (κ2) is 6.06. The van der Waals surface area contributed by atoms with Crippen LogP contribution in [0.3, 0.4) is 0 Å².